The lowest BCUT2D eigenvalue weighted by Crippen LogP contribution is -2.31. The van der Waals surface area contributed by atoms with Gasteiger partial charge in [0.15, 0.2) is 0 Å². The van der Waals surface area contributed by atoms with Crippen LogP contribution in [0.4, 0.5) is 0 Å². The lowest BCUT2D eigenvalue weighted by Gasteiger charge is -2.27. The number of aromatic nitrogens is 1. The van der Waals surface area contributed by atoms with Crippen molar-refractivity contribution in [1.29, 1.82) is 0 Å². The van der Waals surface area contributed by atoms with Crippen molar-refractivity contribution in [3.05, 3.63) is 34.7 Å². The maximum Gasteiger partial charge on any atom is 0.250 e. The minimum absolute atomic E-state index is 0.105. The van der Waals surface area contributed by atoms with E-state index < -0.39 is 0 Å². The zero-order valence-corrected chi connectivity index (χ0v) is 8.23. The first kappa shape index (κ1) is 9.46. The van der Waals surface area contributed by atoms with Gasteiger partial charge in [-0.3, -0.25) is 4.79 Å². The Balaban J connectivity index is 2.16. The van der Waals surface area contributed by atoms with Crippen LogP contribution in [-0.4, -0.2) is 10.6 Å². The fourth-order valence-electron chi connectivity index (χ4n) is 2.12. The van der Waals surface area contributed by atoms with E-state index >= 15 is 0 Å². The molecule has 0 amide bonds. The molecule has 0 unspecified atom stereocenters. The van der Waals surface area contributed by atoms with Crippen molar-refractivity contribution in [3.8, 4) is 0 Å². The molecule has 1 saturated carbocycles. The summed E-state index contributed by atoms with van der Waals surface area (Å²) in [5.41, 5.74) is 5.93. The van der Waals surface area contributed by atoms with Crippen molar-refractivity contribution in [2.24, 2.45) is 5.73 Å². The molecule has 0 aromatic carbocycles. The van der Waals surface area contributed by atoms with E-state index in [1.54, 1.807) is 12.1 Å². The molecule has 1 aliphatic carbocycles. The molecule has 2 rings (SSSR count). The summed E-state index contributed by atoms with van der Waals surface area (Å²) in [4.78, 5) is 11.5. The molecule has 3 nitrogen and oxygen atoms in total. The molecule has 1 aromatic heterocycles. The SMILES string of the molecule is NC1CCC(n2ccccc2=O)CC1. The molecule has 2 N–H and O–H groups in total. The van der Waals surface area contributed by atoms with E-state index in [2.05, 4.69) is 0 Å². The van der Waals surface area contributed by atoms with Gasteiger partial charge < -0.3 is 10.3 Å². The second-order valence-electron chi connectivity index (χ2n) is 4.01. The van der Waals surface area contributed by atoms with Crippen molar-refractivity contribution in [2.75, 3.05) is 0 Å². The molecule has 0 bridgehead atoms. The van der Waals surface area contributed by atoms with E-state index in [4.69, 9.17) is 5.73 Å². The second kappa shape index (κ2) is 3.96. The zero-order valence-electron chi connectivity index (χ0n) is 8.23. The molecule has 0 aliphatic heterocycles. The minimum atomic E-state index is 0.105. The summed E-state index contributed by atoms with van der Waals surface area (Å²) in [6.45, 7) is 0. The Labute approximate surface area is 83.5 Å². The Hall–Kier alpha value is -1.09. The molecule has 1 heterocycles. The number of nitrogens with zero attached hydrogens (tertiary/aromatic N) is 1. The molecule has 1 fully saturated rings. The summed E-state index contributed by atoms with van der Waals surface area (Å²) in [6, 6.07) is 6.02. The second-order valence-corrected chi connectivity index (χ2v) is 4.01. The van der Waals surface area contributed by atoms with E-state index in [1.807, 2.05) is 16.8 Å². The summed E-state index contributed by atoms with van der Waals surface area (Å²) < 4.78 is 1.84. The van der Waals surface area contributed by atoms with Gasteiger partial charge >= 0.3 is 0 Å². The average molecular weight is 192 g/mol. The largest absolute Gasteiger partial charge is 0.328 e. The van der Waals surface area contributed by atoms with Crippen LogP contribution < -0.4 is 11.3 Å². The van der Waals surface area contributed by atoms with E-state index in [1.165, 1.54) is 0 Å². The van der Waals surface area contributed by atoms with Crippen molar-refractivity contribution >= 4 is 0 Å². The quantitative estimate of drug-likeness (QED) is 0.729. The number of hydrogen-bond donors (Lipinski definition) is 1. The highest BCUT2D eigenvalue weighted by atomic mass is 16.1. The Morgan fingerprint density at radius 2 is 1.93 bits per heavy atom. The molecule has 0 atom stereocenters. The molecule has 1 aromatic rings. The molecule has 0 spiro atoms. The Morgan fingerprint density at radius 3 is 2.57 bits per heavy atom. The predicted molar refractivity (Wildman–Crippen MR) is 56.2 cm³/mol. The number of rotatable bonds is 1. The first-order valence-electron chi connectivity index (χ1n) is 5.20. The maximum absolute atomic E-state index is 11.5. The normalized spacial score (nSPS) is 27.5. The number of pyridine rings is 1. The van der Waals surface area contributed by atoms with Crippen molar-refractivity contribution in [3.63, 3.8) is 0 Å². The van der Waals surface area contributed by atoms with E-state index in [9.17, 15) is 4.79 Å². The van der Waals surface area contributed by atoms with Crippen molar-refractivity contribution < 1.29 is 0 Å². The van der Waals surface area contributed by atoms with Crippen LogP contribution in [0.3, 0.4) is 0 Å². The van der Waals surface area contributed by atoms with Gasteiger partial charge in [0.25, 0.3) is 5.56 Å². The molecular weight excluding hydrogens is 176 g/mol. The number of nitrogens with two attached hydrogens (primary N) is 1. The van der Waals surface area contributed by atoms with Gasteiger partial charge in [0.05, 0.1) is 0 Å². The Morgan fingerprint density at radius 1 is 1.21 bits per heavy atom. The summed E-state index contributed by atoms with van der Waals surface area (Å²) in [6.07, 6.45) is 6.01. The zero-order chi connectivity index (χ0) is 9.97. The van der Waals surface area contributed by atoms with Gasteiger partial charge in [-0.15, -0.1) is 0 Å². The number of hydrogen-bond acceptors (Lipinski definition) is 2. The van der Waals surface area contributed by atoms with Gasteiger partial charge in [0.1, 0.15) is 0 Å². The van der Waals surface area contributed by atoms with Gasteiger partial charge in [0, 0.05) is 24.3 Å². The van der Waals surface area contributed by atoms with Crippen LogP contribution in [0.2, 0.25) is 0 Å². The molecule has 3 heteroatoms. The van der Waals surface area contributed by atoms with Crippen LogP contribution in [0.5, 0.6) is 0 Å². The first-order valence-corrected chi connectivity index (χ1v) is 5.20. The van der Waals surface area contributed by atoms with Gasteiger partial charge in [0.2, 0.25) is 0 Å². The van der Waals surface area contributed by atoms with Crippen LogP contribution in [-0.2, 0) is 0 Å². The highest BCUT2D eigenvalue weighted by Crippen LogP contribution is 2.25. The summed E-state index contributed by atoms with van der Waals surface area (Å²) >= 11 is 0. The van der Waals surface area contributed by atoms with Crippen molar-refractivity contribution in [1.82, 2.24) is 4.57 Å². The third-order valence-corrected chi connectivity index (χ3v) is 2.99. The molecule has 0 radical (unpaired) electrons. The molecular formula is C11H16N2O. The fraction of sp³-hybridized carbons (Fsp3) is 0.545. The highest BCUT2D eigenvalue weighted by Gasteiger charge is 2.19. The molecule has 0 saturated heterocycles. The fourth-order valence-corrected chi connectivity index (χ4v) is 2.12. The lowest BCUT2D eigenvalue weighted by molar-refractivity contribution is 0.318. The summed E-state index contributed by atoms with van der Waals surface area (Å²) in [5.74, 6) is 0. The third kappa shape index (κ3) is 1.87. The van der Waals surface area contributed by atoms with Crippen LogP contribution >= 0.6 is 0 Å². The monoisotopic (exact) mass is 192 g/mol. The minimum Gasteiger partial charge on any atom is -0.328 e. The van der Waals surface area contributed by atoms with Crippen LogP contribution in [0.25, 0.3) is 0 Å². The van der Waals surface area contributed by atoms with Gasteiger partial charge in [-0.2, -0.15) is 0 Å². The average Bonchev–Trinajstić information content (AvgIpc) is 2.20. The Bertz CT molecular complexity index is 350. The maximum atomic E-state index is 11.5. The standard InChI is InChI=1S/C11H16N2O/c12-9-4-6-10(7-5-9)13-8-2-1-3-11(13)14/h1-3,8-10H,4-7,12H2. The molecule has 76 valence electrons. The van der Waals surface area contributed by atoms with E-state index in [0.29, 0.717) is 12.1 Å². The van der Waals surface area contributed by atoms with E-state index in [0.717, 1.165) is 25.7 Å². The van der Waals surface area contributed by atoms with E-state index in [-0.39, 0.29) is 5.56 Å². The summed E-state index contributed by atoms with van der Waals surface area (Å²) in [7, 11) is 0. The van der Waals surface area contributed by atoms with Crippen molar-refractivity contribution in [2.45, 2.75) is 37.8 Å². The van der Waals surface area contributed by atoms with Crippen LogP contribution in [0.15, 0.2) is 29.2 Å². The van der Waals surface area contributed by atoms with Gasteiger partial charge in [-0.1, -0.05) is 6.07 Å². The van der Waals surface area contributed by atoms with Crippen LogP contribution in [0.1, 0.15) is 31.7 Å². The molecule has 14 heavy (non-hydrogen) atoms. The van der Waals surface area contributed by atoms with Gasteiger partial charge in [-0.05, 0) is 31.7 Å². The first-order chi connectivity index (χ1) is 6.77. The smallest absolute Gasteiger partial charge is 0.250 e. The lowest BCUT2D eigenvalue weighted by atomic mass is 9.91. The van der Waals surface area contributed by atoms with Crippen LogP contribution in [0, 0.1) is 0 Å². The third-order valence-electron chi connectivity index (χ3n) is 2.99. The topological polar surface area (TPSA) is 48.0 Å². The predicted octanol–water partition coefficient (Wildman–Crippen LogP) is 1.29. The van der Waals surface area contributed by atoms with Gasteiger partial charge in [-0.25, -0.2) is 0 Å². The highest BCUT2D eigenvalue weighted by molar-refractivity contribution is 4.96. The molecule has 1 aliphatic rings. The summed E-state index contributed by atoms with van der Waals surface area (Å²) in [5, 5.41) is 0. The Kier molecular flexibility index (Phi) is 2.68.